The summed E-state index contributed by atoms with van der Waals surface area (Å²) in [6.07, 6.45) is -4.61. The van der Waals surface area contributed by atoms with Crippen LogP contribution in [0, 0.1) is 0 Å². The number of rotatable bonds is 7. The molecule has 1 aliphatic heterocycles. The molecule has 7 nitrogen and oxygen atoms in total. The highest BCUT2D eigenvalue weighted by Gasteiger charge is 2.40. The zero-order valence-electron chi connectivity index (χ0n) is 19.7. The maximum absolute atomic E-state index is 13.1. The standard InChI is InChI=1S/C27H19ClF3N3O4/c1-15(35)17-7-11-19(12-8-17)32-22(36)13-16-5-9-20(10-6-16)33-24-23(28)25(37)34(26(24)38)21-4-2-3-18(14-21)27(29,30)31/h2-12,14,33H,13H2,1H3,(H,32,36). The molecule has 0 spiro atoms. The number of hydrogen-bond donors (Lipinski definition) is 2. The molecule has 1 aliphatic rings. The topological polar surface area (TPSA) is 95.6 Å². The molecule has 4 rings (SSSR count). The third-order valence-electron chi connectivity index (χ3n) is 5.62. The molecule has 0 fully saturated rings. The first-order valence-electron chi connectivity index (χ1n) is 11.2. The van der Waals surface area contributed by atoms with Crippen LogP contribution in [0.5, 0.6) is 0 Å². The zero-order valence-corrected chi connectivity index (χ0v) is 20.5. The summed E-state index contributed by atoms with van der Waals surface area (Å²) in [5, 5.41) is 5.00. The highest BCUT2D eigenvalue weighted by atomic mass is 35.5. The number of anilines is 3. The summed E-state index contributed by atoms with van der Waals surface area (Å²) in [6.45, 7) is 1.45. The van der Waals surface area contributed by atoms with E-state index in [1.165, 1.54) is 13.0 Å². The predicted molar refractivity (Wildman–Crippen MR) is 136 cm³/mol. The van der Waals surface area contributed by atoms with Gasteiger partial charge in [-0.1, -0.05) is 29.8 Å². The third-order valence-corrected chi connectivity index (χ3v) is 5.97. The summed E-state index contributed by atoms with van der Waals surface area (Å²) in [4.78, 5) is 49.8. The lowest BCUT2D eigenvalue weighted by Crippen LogP contribution is -2.32. The Bertz CT molecular complexity index is 1470. The number of amides is 3. The molecule has 38 heavy (non-hydrogen) atoms. The van der Waals surface area contributed by atoms with Gasteiger partial charge in [-0.15, -0.1) is 0 Å². The minimum Gasteiger partial charge on any atom is -0.350 e. The van der Waals surface area contributed by atoms with Crippen molar-refractivity contribution in [1.29, 1.82) is 0 Å². The molecule has 0 saturated carbocycles. The normalized spacial score (nSPS) is 13.7. The second kappa shape index (κ2) is 10.5. The van der Waals surface area contributed by atoms with Crippen molar-refractivity contribution >= 4 is 52.2 Å². The van der Waals surface area contributed by atoms with Crippen LogP contribution in [-0.2, 0) is 27.0 Å². The molecule has 0 radical (unpaired) electrons. The molecule has 0 aliphatic carbocycles. The van der Waals surface area contributed by atoms with Crippen molar-refractivity contribution in [1.82, 2.24) is 0 Å². The van der Waals surface area contributed by atoms with E-state index in [1.807, 2.05) is 0 Å². The molecule has 3 aromatic carbocycles. The van der Waals surface area contributed by atoms with E-state index in [4.69, 9.17) is 11.6 Å². The van der Waals surface area contributed by atoms with Crippen molar-refractivity contribution in [3.63, 3.8) is 0 Å². The van der Waals surface area contributed by atoms with Crippen molar-refractivity contribution in [2.24, 2.45) is 0 Å². The van der Waals surface area contributed by atoms with Crippen LogP contribution in [0.25, 0.3) is 0 Å². The Kier molecular flexibility index (Phi) is 7.36. The summed E-state index contributed by atoms with van der Waals surface area (Å²) >= 11 is 6.06. The van der Waals surface area contributed by atoms with Crippen LogP contribution in [0.1, 0.15) is 28.4 Å². The lowest BCUT2D eigenvalue weighted by Gasteiger charge is -2.17. The van der Waals surface area contributed by atoms with Crippen molar-refractivity contribution in [2.45, 2.75) is 19.5 Å². The van der Waals surface area contributed by atoms with Crippen LogP contribution < -0.4 is 15.5 Å². The Morgan fingerprint density at radius 3 is 2.13 bits per heavy atom. The predicted octanol–water partition coefficient (Wildman–Crippen LogP) is 5.52. The number of alkyl halides is 3. The summed E-state index contributed by atoms with van der Waals surface area (Å²) in [6, 6.07) is 16.7. The minimum absolute atomic E-state index is 0.0406. The van der Waals surface area contributed by atoms with E-state index in [2.05, 4.69) is 10.6 Å². The lowest BCUT2D eigenvalue weighted by atomic mass is 10.1. The van der Waals surface area contributed by atoms with Gasteiger partial charge in [-0.05, 0) is 67.1 Å². The molecule has 0 aromatic heterocycles. The number of benzene rings is 3. The van der Waals surface area contributed by atoms with E-state index >= 15 is 0 Å². The number of nitrogens with zero attached hydrogens (tertiary/aromatic N) is 1. The van der Waals surface area contributed by atoms with Crippen molar-refractivity contribution in [3.05, 3.63) is 100 Å². The molecular weight excluding hydrogens is 523 g/mol. The summed E-state index contributed by atoms with van der Waals surface area (Å²) in [7, 11) is 0. The van der Waals surface area contributed by atoms with Crippen LogP contribution in [0.2, 0.25) is 0 Å². The van der Waals surface area contributed by atoms with Crippen LogP contribution >= 0.6 is 11.6 Å². The van der Waals surface area contributed by atoms with Gasteiger partial charge in [-0.3, -0.25) is 19.2 Å². The van der Waals surface area contributed by atoms with E-state index in [-0.39, 0.29) is 29.5 Å². The SMILES string of the molecule is CC(=O)c1ccc(NC(=O)Cc2ccc(NC3=C(Cl)C(=O)N(c4cccc(C(F)(F)F)c4)C3=O)cc2)cc1. The molecule has 0 bridgehead atoms. The summed E-state index contributed by atoms with van der Waals surface area (Å²) in [5.74, 6) is -2.23. The fourth-order valence-corrected chi connectivity index (χ4v) is 3.91. The van der Waals surface area contributed by atoms with Gasteiger partial charge in [0.25, 0.3) is 11.8 Å². The molecule has 3 amide bonds. The minimum atomic E-state index is -4.65. The van der Waals surface area contributed by atoms with E-state index in [0.717, 1.165) is 12.1 Å². The Morgan fingerprint density at radius 2 is 1.53 bits per heavy atom. The average molecular weight is 542 g/mol. The first-order chi connectivity index (χ1) is 17.9. The van der Waals surface area contributed by atoms with Gasteiger partial charge >= 0.3 is 6.18 Å². The first kappa shape index (κ1) is 26.6. The molecule has 0 atom stereocenters. The number of hydrogen-bond acceptors (Lipinski definition) is 5. The van der Waals surface area contributed by atoms with E-state index in [1.54, 1.807) is 48.5 Å². The molecule has 11 heteroatoms. The number of halogens is 4. The van der Waals surface area contributed by atoms with Crippen molar-refractivity contribution < 1.29 is 32.3 Å². The van der Waals surface area contributed by atoms with Gasteiger partial charge in [0.2, 0.25) is 5.91 Å². The zero-order chi connectivity index (χ0) is 27.6. The van der Waals surface area contributed by atoms with Crippen molar-refractivity contribution in [2.75, 3.05) is 15.5 Å². The van der Waals surface area contributed by atoms with E-state index in [0.29, 0.717) is 33.5 Å². The molecule has 3 aromatic rings. The lowest BCUT2D eigenvalue weighted by molar-refractivity contribution is -0.137. The van der Waals surface area contributed by atoms with Crippen LogP contribution in [0.3, 0.4) is 0 Å². The van der Waals surface area contributed by atoms with E-state index < -0.39 is 28.6 Å². The highest BCUT2D eigenvalue weighted by Crippen LogP contribution is 2.35. The smallest absolute Gasteiger partial charge is 0.350 e. The van der Waals surface area contributed by atoms with Gasteiger partial charge < -0.3 is 10.6 Å². The third kappa shape index (κ3) is 5.76. The van der Waals surface area contributed by atoms with Gasteiger partial charge in [0.1, 0.15) is 10.7 Å². The van der Waals surface area contributed by atoms with Gasteiger partial charge in [0.15, 0.2) is 5.78 Å². The largest absolute Gasteiger partial charge is 0.416 e. The summed E-state index contributed by atoms with van der Waals surface area (Å²) in [5.41, 5.74) is 0.523. The van der Waals surface area contributed by atoms with Crippen molar-refractivity contribution in [3.8, 4) is 0 Å². The molecule has 0 saturated heterocycles. The first-order valence-corrected chi connectivity index (χ1v) is 11.5. The average Bonchev–Trinajstić information content (AvgIpc) is 3.08. The summed E-state index contributed by atoms with van der Waals surface area (Å²) < 4.78 is 39.2. The Labute approximate surface area is 219 Å². The molecular formula is C27H19ClF3N3O4. The number of nitrogens with one attached hydrogen (secondary N) is 2. The van der Waals surface area contributed by atoms with E-state index in [9.17, 15) is 32.3 Å². The van der Waals surface area contributed by atoms with Gasteiger partial charge in [-0.25, -0.2) is 4.90 Å². The molecule has 0 unspecified atom stereocenters. The van der Waals surface area contributed by atoms with Crippen LogP contribution in [0.4, 0.5) is 30.2 Å². The molecule has 194 valence electrons. The molecule has 1 heterocycles. The maximum Gasteiger partial charge on any atom is 0.416 e. The number of Topliss-reactive ketones (excluding diaryl/α,β-unsaturated/α-hetero) is 1. The van der Waals surface area contributed by atoms with Crippen LogP contribution in [0.15, 0.2) is 83.5 Å². The van der Waals surface area contributed by atoms with Gasteiger partial charge in [0, 0.05) is 16.9 Å². The van der Waals surface area contributed by atoms with Gasteiger partial charge in [-0.2, -0.15) is 13.2 Å². The monoisotopic (exact) mass is 541 g/mol. The number of carbonyl (C=O) groups is 4. The maximum atomic E-state index is 13.1. The Morgan fingerprint density at radius 1 is 0.895 bits per heavy atom. The fraction of sp³-hybridized carbons (Fsp3) is 0.111. The quantitative estimate of drug-likeness (QED) is 0.303. The Balaban J connectivity index is 1.41. The number of imide groups is 1. The number of ketones is 1. The second-order valence-corrected chi connectivity index (χ2v) is 8.74. The van der Waals surface area contributed by atoms with Crippen LogP contribution in [-0.4, -0.2) is 23.5 Å². The van der Waals surface area contributed by atoms with Gasteiger partial charge in [0.05, 0.1) is 17.7 Å². The highest BCUT2D eigenvalue weighted by molar-refractivity contribution is 6.53. The fourth-order valence-electron chi connectivity index (χ4n) is 3.70. The Hall–Kier alpha value is -4.44. The molecule has 2 N–H and O–H groups in total. The second-order valence-electron chi connectivity index (χ2n) is 8.36. The number of carbonyl (C=O) groups excluding carboxylic acids is 4.